The summed E-state index contributed by atoms with van der Waals surface area (Å²) < 4.78 is 11.7. The Morgan fingerprint density at radius 2 is 1.81 bits per heavy atom. The largest absolute Gasteiger partial charge is 0.477 e. The Labute approximate surface area is 185 Å². The van der Waals surface area contributed by atoms with Crippen LogP contribution in [0.2, 0.25) is 5.02 Å². The fourth-order valence-electron chi connectivity index (χ4n) is 4.21. The fraction of sp³-hybridized carbons (Fsp3) is 0.192. The number of fused-ring (bicyclic) bond motifs is 2. The average Bonchev–Trinajstić information content (AvgIpc) is 2.79. The number of rotatable bonds is 4. The number of aryl methyl sites for hydroxylation is 1. The summed E-state index contributed by atoms with van der Waals surface area (Å²) in [6.07, 6.45) is 0.923. The van der Waals surface area contributed by atoms with Gasteiger partial charge in [0.05, 0.1) is 0 Å². The van der Waals surface area contributed by atoms with Gasteiger partial charge in [0.25, 0.3) is 0 Å². The molecule has 0 spiro atoms. The molecule has 0 atom stereocenters. The molecule has 0 saturated heterocycles. The van der Waals surface area contributed by atoms with Crippen molar-refractivity contribution >= 4 is 22.6 Å². The van der Waals surface area contributed by atoms with E-state index in [-0.39, 0.29) is 5.63 Å². The van der Waals surface area contributed by atoms with Crippen LogP contribution in [0.4, 0.5) is 0 Å². The van der Waals surface area contributed by atoms with E-state index >= 15 is 0 Å². The summed E-state index contributed by atoms with van der Waals surface area (Å²) in [6.45, 7) is 4.14. The molecular weight excluding hydrogens is 410 g/mol. The van der Waals surface area contributed by atoms with Crippen molar-refractivity contribution in [3.05, 3.63) is 98.9 Å². The molecule has 4 aromatic rings. The van der Waals surface area contributed by atoms with Crippen LogP contribution in [0.1, 0.15) is 16.7 Å². The van der Waals surface area contributed by atoms with Crippen molar-refractivity contribution in [2.75, 3.05) is 13.3 Å². The molecule has 0 amide bonds. The molecule has 2 heterocycles. The lowest BCUT2D eigenvalue weighted by molar-refractivity contribution is 0.0959. The van der Waals surface area contributed by atoms with Crippen molar-refractivity contribution < 1.29 is 9.15 Å². The van der Waals surface area contributed by atoms with E-state index in [1.807, 2.05) is 49.4 Å². The van der Waals surface area contributed by atoms with Gasteiger partial charge in [0.15, 0.2) is 0 Å². The van der Waals surface area contributed by atoms with Crippen LogP contribution in [0.15, 0.2) is 75.9 Å². The molecule has 0 radical (unpaired) electrons. The van der Waals surface area contributed by atoms with Crippen molar-refractivity contribution in [2.45, 2.75) is 19.9 Å². The molecule has 0 bridgehead atoms. The maximum Gasteiger partial charge on any atom is 0.336 e. The van der Waals surface area contributed by atoms with Crippen molar-refractivity contribution in [3.63, 3.8) is 0 Å². The molecule has 5 heteroatoms. The third-order valence-electron chi connectivity index (χ3n) is 5.79. The zero-order chi connectivity index (χ0) is 21.4. The van der Waals surface area contributed by atoms with Crippen LogP contribution in [0.3, 0.4) is 0 Å². The molecule has 0 aliphatic carbocycles. The van der Waals surface area contributed by atoms with Gasteiger partial charge in [-0.2, -0.15) is 0 Å². The van der Waals surface area contributed by atoms with Crippen molar-refractivity contribution in [1.82, 2.24) is 4.90 Å². The first-order chi connectivity index (χ1) is 15.1. The maximum atomic E-state index is 12.3. The molecule has 3 aromatic carbocycles. The Balaban J connectivity index is 1.49. The molecule has 31 heavy (non-hydrogen) atoms. The number of hydrogen-bond donors (Lipinski definition) is 0. The standard InChI is InChI=1S/C26H22ClNO3/c1-17-25-20(15-28(16-30-25)12-11-18-7-9-21(27)10-8-18)13-23-22(14-24(29)31-26(17)23)19-5-3-2-4-6-19/h2-10,13-14H,11-12,15-16H2,1H3. The molecule has 0 unspecified atom stereocenters. The van der Waals surface area contributed by atoms with E-state index in [1.165, 1.54) is 5.56 Å². The minimum absolute atomic E-state index is 0.352. The molecule has 1 aliphatic heterocycles. The van der Waals surface area contributed by atoms with Gasteiger partial charge in [-0.15, -0.1) is 0 Å². The lowest BCUT2D eigenvalue weighted by Crippen LogP contribution is -2.34. The van der Waals surface area contributed by atoms with E-state index in [0.717, 1.165) is 57.9 Å². The van der Waals surface area contributed by atoms with Crippen LogP contribution in [0.25, 0.3) is 22.1 Å². The van der Waals surface area contributed by atoms with Crippen LogP contribution in [0.5, 0.6) is 5.75 Å². The van der Waals surface area contributed by atoms with Gasteiger partial charge in [-0.1, -0.05) is 54.1 Å². The van der Waals surface area contributed by atoms with Gasteiger partial charge >= 0.3 is 5.63 Å². The molecule has 1 aromatic heterocycles. The van der Waals surface area contributed by atoms with Crippen molar-refractivity contribution in [1.29, 1.82) is 0 Å². The lowest BCUT2D eigenvalue weighted by atomic mass is 9.97. The normalized spacial score (nSPS) is 13.7. The Morgan fingerprint density at radius 1 is 1.03 bits per heavy atom. The van der Waals surface area contributed by atoms with Gasteiger partial charge in [0.2, 0.25) is 0 Å². The summed E-state index contributed by atoms with van der Waals surface area (Å²) in [7, 11) is 0. The molecule has 156 valence electrons. The highest BCUT2D eigenvalue weighted by Gasteiger charge is 2.23. The Kier molecular flexibility index (Phi) is 5.26. The van der Waals surface area contributed by atoms with Crippen molar-refractivity contribution in [3.8, 4) is 16.9 Å². The summed E-state index contributed by atoms with van der Waals surface area (Å²) in [6, 6.07) is 21.6. The molecule has 0 N–H and O–H groups in total. The summed E-state index contributed by atoms with van der Waals surface area (Å²) in [5, 5.41) is 1.69. The molecule has 0 fully saturated rings. The fourth-order valence-corrected chi connectivity index (χ4v) is 4.33. The second-order valence-corrected chi connectivity index (χ2v) is 8.35. The van der Waals surface area contributed by atoms with Crippen LogP contribution in [-0.2, 0) is 13.0 Å². The molecule has 0 saturated carbocycles. The predicted octanol–water partition coefficient (Wildman–Crippen LogP) is 5.82. The summed E-state index contributed by atoms with van der Waals surface area (Å²) in [5.74, 6) is 0.823. The Morgan fingerprint density at radius 3 is 2.58 bits per heavy atom. The highest BCUT2D eigenvalue weighted by atomic mass is 35.5. The van der Waals surface area contributed by atoms with Gasteiger partial charge in [0.1, 0.15) is 18.1 Å². The van der Waals surface area contributed by atoms with Gasteiger partial charge in [-0.05, 0) is 48.2 Å². The molecule has 4 nitrogen and oxygen atoms in total. The lowest BCUT2D eigenvalue weighted by Gasteiger charge is -2.30. The average molecular weight is 432 g/mol. The van der Waals surface area contributed by atoms with E-state index < -0.39 is 0 Å². The monoisotopic (exact) mass is 431 g/mol. The predicted molar refractivity (Wildman–Crippen MR) is 124 cm³/mol. The minimum Gasteiger partial charge on any atom is -0.477 e. The zero-order valence-corrected chi connectivity index (χ0v) is 18.0. The SMILES string of the molecule is Cc1c2c(cc3c(-c4ccccc4)cc(=O)oc13)CN(CCc1ccc(Cl)cc1)CO2. The van der Waals surface area contributed by atoms with Gasteiger partial charge < -0.3 is 9.15 Å². The van der Waals surface area contributed by atoms with Crippen LogP contribution < -0.4 is 10.4 Å². The Bertz CT molecular complexity index is 1300. The van der Waals surface area contributed by atoms with E-state index in [1.54, 1.807) is 6.07 Å². The van der Waals surface area contributed by atoms with E-state index in [4.69, 9.17) is 20.8 Å². The highest BCUT2D eigenvalue weighted by molar-refractivity contribution is 6.30. The number of benzene rings is 3. The third-order valence-corrected chi connectivity index (χ3v) is 6.04. The topological polar surface area (TPSA) is 42.7 Å². The summed E-state index contributed by atoms with van der Waals surface area (Å²) in [5.41, 5.74) is 5.36. The second-order valence-electron chi connectivity index (χ2n) is 7.91. The van der Waals surface area contributed by atoms with Crippen LogP contribution in [-0.4, -0.2) is 18.2 Å². The minimum atomic E-state index is -0.352. The first kappa shape index (κ1) is 19.9. The van der Waals surface area contributed by atoms with Crippen LogP contribution in [0, 0.1) is 6.92 Å². The second kappa shape index (κ2) is 8.22. The smallest absolute Gasteiger partial charge is 0.336 e. The molecule has 1 aliphatic rings. The first-order valence-corrected chi connectivity index (χ1v) is 10.7. The Hall–Kier alpha value is -3.08. The quantitative estimate of drug-likeness (QED) is 0.382. The molecule has 5 rings (SSSR count). The highest BCUT2D eigenvalue weighted by Crippen LogP contribution is 2.38. The zero-order valence-electron chi connectivity index (χ0n) is 17.2. The third kappa shape index (κ3) is 3.97. The maximum absolute atomic E-state index is 12.3. The summed E-state index contributed by atoms with van der Waals surface area (Å²) >= 11 is 5.99. The van der Waals surface area contributed by atoms with E-state index in [2.05, 4.69) is 23.1 Å². The van der Waals surface area contributed by atoms with Gasteiger partial charge in [0, 0.05) is 40.7 Å². The number of hydrogen-bond acceptors (Lipinski definition) is 4. The molecular formula is C26H22ClNO3. The number of nitrogens with zero attached hydrogens (tertiary/aromatic N) is 1. The van der Waals surface area contributed by atoms with E-state index in [0.29, 0.717) is 12.3 Å². The summed E-state index contributed by atoms with van der Waals surface area (Å²) in [4.78, 5) is 14.5. The number of ether oxygens (including phenoxy) is 1. The first-order valence-electron chi connectivity index (χ1n) is 10.3. The van der Waals surface area contributed by atoms with Crippen molar-refractivity contribution in [2.24, 2.45) is 0 Å². The number of halogens is 1. The van der Waals surface area contributed by atoms with Gasteiger partial charge in [-0.25, -0.2) is 4.79 Å². The van der Waals surface area contributed by atoms with Crippen LogP contribution >= 0.6 is 11.6 Å². The van der Waals surface area contributed by atoms with E-state index in [9.17, 15) is 4.79 Å². The van der Waals surface area contributed by atoms with Gasteiger partial charge in [-0.3, -0.25) is 4.90 Å².